The zero-order chi connectivity index (χ0) is 14.3. The van der Waals surface area contributed by atoms with Crippen LogP contribution in [0, 0.1) is 6.92 Å². The Kier molecular flexibility index (Phi) is 3.18. The number of hydrogen-bond acceptors (Lipinski definition) is 1. The Morgan fingerprint density at radius 2 is 1.55 bits per heavy atom. The smallest absolute Gasteiger partial charge is 0.0354 e. The van der Waals surface area contributed by atoms with Gasteiger partial charge >= 0.3 is 0 Å². The van der Waals surface area contributed by atoms with E-state index in [1.54, 1.807) is 0 Å². The molecule has 0 radical (unpaired) electrons. The quantitative estimate of drug-likeness (QED) is 0.499. The molecule has 3 rings (SSSR count). The summed E-state index contributed by atoms with van der Waals surface area (Å²) >= 11 is 1.94. The van der Waals surface area contributed by atoms with Crippen LogP contribution in [0.25, 0.3) is 21.2 Å². The van der Waals surface area contributed by atoms with Crippen LogP contribution >= 0.6 is 11.3 Å². The lowest BCUT2D eigenvalue weighted by Crippen LogP contribution is -2.09. The minimum atomic E-state index is 0.223. The van der Waals surface area contributed by atoms with Gasteiger partial charge in [-0.25, -0.2) is 0 Å². The minimum Gasteiger partial charge on any atom is -0.139 e. The van der Waals surface area contributed by atoms with Gasteiger partial charge in [-0.15, -0.1) is 11.3 Å². The van der Waals surface area contributed by atoms with Crippen LogP contribution in [-0.4, -0.2) is 0 Å². The maximum atomic E-state index is 2.33. The molecule has 0 aliphatic carbocycles. The fraction of sp³-hybridized carbons (Fsp3) is 0.263. The van der Waals surface area contributed by atoms with Crippen LogP contribution in [-0.2, 0) is 5.41 Å². The van der Waals surface area contributed by atoms with Crippen LogP contribution in [0.2, 0.25) is 0 Å². The highest BCUT2D eigenvalue weighted by Gasteiger charge is 2.20. The molecule has 2 aromatic carbocycles. The van der Waals surface area contributed by atoms with E-state index in [0.29, 0.717) is 0 Å². The Bertz CT molecular complexity index is 743. The Labute approximate surface area is 125 Å². The molecule has 0 atom stereocenters. The Hall–Kier alpha value is -1.60. The fourth-order valence-electron chi connectivity index (χ4n) is 2.75. The summed E-state index contributed by atoms with van der Waals surface area (Å²) in [6, 6.07) is 17.5. The second-order valence-electron chi connectivity index (χ2n) is 6.38. The van der Waals surface area contributed by atoms with Gasteiger partial charge in [0.2, 0.25) is 0 Å². The van der Waals surface area contributed by atoms with E-state index in [2.05, 4.69) is 76.2 Å². The van der Waals surface area contributed by atoms with E-state index in [4.69, 9.17) is 0 Å². The van der Waals surface area contributed by atoms with E-state index in [1.807, 2.05) is 11.3 Å². The molecule has 0 saturated heterocycles. The first-order chi connectivity index (χ1) is 9.47. The van der Waals surface area contributed by atoms with Crippen molar-refractivity contribution >= 4 is 21.4 Å². The summed E-state index contributed by atoms with van der Waals surface area (Å²) in [5, 5.41) is 1.40. The maximum absolute atomic E-state index is 2.33. The summed E-state index contributed by atoms with van der Waals surface area (Å²) in [5.41, 5.74) is 4.26. The van der Waals surface area contributed by atoms with Crippen LogP contribution in [0.3, 0.4) is 0 Å². The van der Waals surface area contributed by atoms with Crippen LogP contribution in [0.1, 0.15) is 31.2 Å². The van der Waals surface area contributed by atoms with Crippen molar-refractivity contribution < 1.29 is 0 Å². The van der Waals surface area contributed by atoms with Crippen molar-refractivity contribution in [2.24, 2.45) is 0 Å². The minimum absolute atomic E-state index is 0.223. The highest BCUT2D eigenvalue weighted by Crippen LogP contribution is 2.39. The first-order valence-electron chi connectivity index (χ1n) is 7.06. The maximum Gasteiger partial charge on any atom is 0.0354 e. The first-order valence-corrected chi connectivity index (χ1v) is 7.87. The lowest BCUT2D eigenvalue weighted by atomic mass is 9.91. The third kappa shape index (κ3) is 2.27. The average molecular weight is 280 g/mol. The number of benzene rings is 2. The average Bonchev–Trinajstić information content (AvgIpc) is 2.77. The molecule has 0 aliphatic rings. The molecule has 0 bridgehead atoms. The SMILES string of the molecule is Cc1c(C(C)(C)C)sc2cc(-c3ccccc3)ccc12. The van der Waals surface area contributed by atoms with Gasteiger partial charge in [-0.05, 0) is 40.5 Å². The van der Waals surface area contributed by atoms with Gasteiger partial charge in [0.25, 0.3) is 0 Å². The molecule has 0 aliphatic heterocycles. The van der Waals surface area contributed by atoms with Crippen molar-refractivity contribution in [2.75, 3.05) is 0 Å². The number of aryl methyl sites for hydroxylation is 1. The predicted molar refractivity (Wildman–Crippen MR) is 90.7 cm³/mol. The number of rotatable bonds is 1. The summed E-state index contributed by atoms with van der Waals surface area (Å²) < 4.78 is 1.40. The van der Waals surface area contributed by atoms with E-state index in [9.17, 15) is 0 Å². The second-order valence-corrected chi connectivity index (χ2v) is 7.44. The Morgan fingerprint density at radius 3 is 2.20 bits per heavy atom. The van der Waals surface area contributed by atoms with Gasteiger partial charge in [-0.1, -0.05) is 63.2 Å². The molecule has 0 fully saturated rings. The molecule has 0 N–H and O–H groups in total. The van der Waals surface area contributed by atoms with E-state index < -0.39 is 0 Å². The molecular weight excluding hydrogens is 260 g/mol. The van der Waals surface area contributed by atoms with Crippen molar-refractivity contribution in [1.29, 1.82) is 0 Å². The molecule has 3 aromatic rings. The number of thiophene rings is 1. The highest BCUT2D eigenvalue weighted by molar-refractivity contribution is 7.19. The molecule has 0 spiro atoms. The molecule has 102 valence electrons. The number of hydrogen-bond donors (Lipinski definition) is 0. The largest absolute Gasteiger partial charge is 0.139 e. The molecule has 20 heavy (non-hydrogen) atoms. The normalized spacial score (nSPS) is 12.0. The van der Waals surface area contributed by atoms with Crippen molar-refractivity contribution in [3.63, 3.8) is 0 Å². The van der Waals surface area contributed by atoms with E-state index in [1.165, 1.54) is 31.7 Å². The molecule has 1 aromatic heterocycles. The molecule has 0 nitrogen and oxygen atoms in total. The van der Waals surface area contributed by atoms with E-state index in [0.717, 1.165) is 0 Å². The monoisotopic (exact) mass is 280 g/mol. The summed E-state index contributed by atoms with van der Waals surface area (Å²) in [5.74, 6) is 0. The molecule has 0 amide bonds. The van der Waals surface area contributed by atoms with Crippen molar-refractivity contribution in [3.8, 4) is 11.1 Å². The Balaban J connectivity index is 2.18. The lowest BCUT2D eigenvalue weighted by Gasteiger charge is -2.17. The summed E-state index contributed by atoms with van der Waals surface area (Å²) in [7, 11) is 0. The van der Waals surface area contributed by atoms with Gasteiger partial charge in [-0.3, -0.25) is 0 Å². The van der Waals surface area contributed by atoms with Crippen LogP contribution in [0.5, 0.6) is 0 Å². The zero-order valence-corrected chi connectivity index (χ0v) is 13.3. The third-order valence-electron chi connectivity index (χ3n) is 3.73. The van der Waals surface area contributed by atoms with Crippen molar-refractivity contribution in [2.45, 2.75) is 33.1 Å². The molecule has 0 saturated carbocycles. The highest BCUT2D eigenvalue weighted by atomic mass is 32.1. The topological polar surface area (TPSA) is 0 Å². The van der Waals surface area contributed by atoms with Crippen molar-refractivity contribution in [3.05, 3.63) is 59.0 Å². The third-order valence-corrected chi connectivity index (χ3v) is 5.41. The van der Waals surface area contributed by atoms with Crippen LogP contribution < -0.4 is 0 Å². The summed E-state index contributed by atoms with van der Waals surface area (Å²) in [4.78, 5) is 1.50. The van der Waals surface area contributed by atoms with Crippen LogP contribution in [0.4, 0.5) is 0 Å². The van der Waals surface area contributed by atoms with E-state index in [-0.39, 0.29) is 5.41 Å². The zero-order valence-electron chi connectivity index (χ0n) is 12.5. The van der Waals surface area contributed by atoms with Gasteiger partial charge in [0.05, 0.1) is 0 Å². The fourth-order valence-corrected chi connectivity index (χ4v) is 4.06. The molecule has 0 unspecified atom stereocenters. The van der Waals surface area contributed by atoms with Crippen LogP contribution in [0.15, 0.2) is 48.5 Å². The molecule has 1 heteroatoms. The Morgan fingerprint density at radius 1 is 0.850 bits per heavy atom. The number of fused-ring (bicyclic) bond motifs is 1. The van der Waals surface area contributed by atoms with E-state index >= 15 is 0 Å². The second kappa shape index (κ2) is 4.75. The van der Waals surface area contributed by atoms with Crippen molar-refractivity contribution in [1.82, 2.24) is 0 Å². The van der Waals surface area contributed by atoms with Gasteiger partial charge in [0.15, 0.2) is 0 Å². The van der Waals surface area contributed by atoms with Gasteiger partial charge in [-0.2, -0.15) is 0 Å². The standard InChI is InChI=1S/C19H20S/c1-13-16-11-10-15(14-8-6-5-7-9-14)12-17(16)20-18(13)19(2,3)4/h5-12H,1-4H3. The predicted octanol–water partition coefficient (Wildman–Crippen LogP) is 6.17. The van der Waals surface area contributed by atoms with Gasteiger partial charge < -0.3 is 0 Å². The summed E-state index contributed by atoms with van der Waals surface area (Å²) in [6.45, 7) is 9.13. The summed E-state index contributed by atoms with van der Waals surface area (Å²) in [6.07, 6.45) is 0. The first kappa shape index (κ1) is 13.4. The van der Waals surface area contributed by atoms with Gasteiger partial charge in [0, 0.05) is 9.58 Å². The lowest BCUT2D eigenvalue weighted by molar-refractivity contribution is 0.601. The molecule has 1 heterocycles. The molecular formula is C19H20S. The van der Waals surface area contributed by atoms with Gasteiger partial charge in [0.1, 0.15) is 0 Å².